The van der Waals surface area contributed by atoms with Gasteiger partial charge in [-0.05, 0) is 67.3 Å². The van der Waals surface area contributed by atoms with Crippen molar-refractivity contribution in [3.8, 4) is 0 Å². The summed E-state index contributed by atoms with van der Waals surface area (Å²) in [7, 11) is 0. The van der Waals surface area contributed by atoms with Crippen LogP contribution in [0.4, 0.5) is 4.39 Å². The van der Waals surface area contributed by atoms with Gasteiger partial charge in [-0.3, -0.25) is 4.90 Å². The highest BCUT2D eigenvalue weighted by Crippen LogP contribution is 2.62. The number of carbonyl (C=O) groups is 2. The van der Waals surface area contributed by atoms with Crippen LogP contribution in [-0.2, 0) is 9.59 Å². The van der Waals surface area contributed by atoms with Gasteiger partial charge in [0.2, 0.25) is 0 Å². The quantitative estimate of drug-likeness (QED) is 0.751. The van der Waals surface area contributed by atoms with E-state index in [1.165, 1.54) is 56.2 Å². The number of hydrogen-bond donors (Lipinski definition) is 2. The van der Waals surface area contributed by atoms with Gasteiger partial charge in [-0.15, -0.1) is 0 Å². The summed E-state index contributed by atoms with van der Waals surface area (Å²) in [5.41, 5.74) is 2.85. The van der Waals surface area contributed by atoms with Gasteiger partial charge in [0.25, 0.3) is 0 Å². The zero-order valence-corrected chi connectivity index (χ0v) is 15.8. The highest BCUT2D eigenvalue weighted by molar-refractivity contribution is 5.89. The maximum atomic E-state index is 13.8. The molecule has 3 fully saturated rings. The summed E-state index contributed by atoms with van der Waals surface area (Å²) in [6.07, 6.45) is 9.34. The molecular weight excluding hydrogens is 361 g/mol. The lowest BCUT2D eigenvalue weighted by atomic mass is 9.59. The molecule has 6 heteroatoms. The van der Waals surface area contributed by atoms with Crippen molar-refractivity contribution in [1.82, 2.24) is 4.90 Å². The minimum absolute atomic E-state index is 0.0341. The Morgan fingerprint density at radius 3 is 2.39 bits per heavy atom. The molecule has 28 heavy (non-hydrogen) atoms. The van der Waals surface area contributed by atoms with E-state index in [-0.39, 0.29) is 5.82 Å². The molecule has 1 aromatic rings. The van der Waals surface area contributed by atoms with E-state index in [1.807, 2.05) is 6.07 Å². The summed E-state index contributed by atoms with van der Waals surface area (Å²) in [6, 6.07) is 6.97. The van der Waals surface area contributed by atoms with Crippen molar-refractivity contribution in [2.75, 3.05) is 6.54 Å². The monoisotopic (exact) mass is 387 g/mol. The first-order chi connectivity index (χ1) is 13.5. The van der Waals surface area contributed by atoms with Gasteiger partial charge in [0.1, 0.15) is 5.82 Å². The smallest absolute Gasteiger partial charge is 0.328 e. The van der Waals surface area contributed by atoms with Crippen molar-refractivity contribution >= 4 is 11.9 Å². The zero-order chi connectivity index (χ0) is 19.8. The van der Waals surface area contributed by atoms with E-state index >= 15 is 0 Å². The molecule has 0 amide bonds. The second kappa shape index (κ2) is 7.66. The molecule has 5 atom stereocenters. The molecule has 5 nitrogen and oxygen atoms in total. The third-order valence-electron chi connectivity index (χ3n) is 6.95. The molecule has 3 aliphatic heterocycles. The number of carboxylic acids is 2. The van der Waals surface area contributed by atoms with Crippen molar-refractivity contribution < 1.29 is 24.2 Å². The van der Waals surface area contributed by atoms with Gasteiger partial charge in [-0.25, -0.2) is 14.0 Å². The minimum Gasteiger partial charge on any atom is -0.478 e. The zero-order valence-electron chi connectivity index (χ0n) is 15.8. The molecule has 6 rings (SSSR count). The largest absolute Gasteiger partial charge is 0.478 e. The lowest BCUT2D eigenvalue weighted by molar-refractivity contribution is -0.134. The summed E-state index contributed by atoms with van der Waals surface area (Å²) in [6.45, 7) is 1.27. The van der Waals surface area contributed by atoms with Gasteiger partial charge in [0.15, 0.2) is 0 Å². The van der Waals surface area contributed by atoms with Gasteiger partial charge >= 0.3 is 11.9 Å². The number of benzene rings is 1. The number of nitrogens with zero attached hydrogens (tertiary/aromatic N) is 1. The van der Waals surface area contributed by atoms with Crippen molar-refractivity contribution in [3.63, 3.8) is 0 Å². The van der Waals surface area contributed by atoms with Crippen molar-refractivity contribution in [2.24, 2.45) is 11.8 Å². The van der Waals surface area contributed by atoms with E-state index in [2.05, 4.69) is 11.0 Å². The van der Waals surface area contributed by atoms with Crippen LogP contribution in [0.3, 0.4) is 0 Å². The van der Waals surface area contributed by atoms with E-state index < -0.39 is 11.9 Å². The summed E-state index contributed by atoms with van der Waals surface area (Å²) in [5, 5.41) is 15.6. The van der Waals surface area contributed by atoms with E-state index in [4.69, 9.17) is 10.2 Å². The van der Waals surface area contributed by atoms with Crippen LogP contribution in [0.2, 0.25) is 0 Å². The van der Waals surface area contributed by atoms with Gasteiger partial charge in [-0.1, -0.05) is 18.9 Å². The molecule has 5 unspecified atom stereocenters. The van der Waals surface area contributed by atoms with Crippen LogP contribution in [0, 0.1) is 17.7 Å². The average Bonchev–Trinajstić information content (AvgIpc) is 3.16. The maximum Gasteiger partial charge on any atom is 0.328 e. The third-order valence-corrected chi connectivity index (χ3v) is 6.95. The molecule has 2 N–H and O–H groups in total. The number of rotatable bonds is 2. The highest BCUT2D eigenvalue weighted by atomic mass is 19.1. The summed E-state index contributed by atoms with van der Waals surface area (Å²) >= 11 is 0. The van der Waals surface area contributed by atoms with Crippen molar-refractivity contribution in [1.29, 1.82) is 0 Å². The molecule has 150 valence electrons. The first kappa shape index (κ1) is 19.1. The fourth-order valence-electron chi connectivity index (χ4n) is 6.19. The third kappa shape index (κ3) is 3.34. The number of hydrogen-bond acceptors (Lipinski definition) is 3. The minimum atomic E-state index is -1.26. The Morgan fingerprint density at radius 1 is 0.964 bits per heavy atom. The Bertz CT molecular complexity index is 792. The van der Waals surface area contributed by atoms with E-state index in [0.29, 0.717) is 30.2 Å². The average molecular weight is 387 g/mol. The summed E-state index contributed by atoms with van der Waals surface area (Å²) in [4.78, 5) is 21.9. The molecule has 1 saturated carbocycles. The Kier molecular flexibility index (Phi) is 5.23. The molecule has 5 aliphatic rings. The van der Waals surface area contributed by atoms with Gasteiger partial charge < -0.3 is 10.2 Å². The predicted molar refractivity (Wildman–Crippen MR) is 101 cm³/mol. The van der Waals surface area contributed by atoms with Crippen LogP contribution in [0.5, 0.6) is 0 Å². The van der Waals surface area contributed by atoms with Crippen LogP contribution in [-0.4, -0.2) is 39.6 Å². The normalized spacial score (nSPS) is 32.8. The first-order valence-electron chi connectivity index (χ1n) is 10.2. The lowest BCUT2D eigenvalue weighted by Gasteiger charge is -2.59. The predicted octanol–water partition coefficient (Wildman–Crippen LogP) is 3.96. The molecule has 3 heterocycles. The van der Waals surface area contributed by atoms with Crippen LogP contribution < -0.4 is 0 Å². The standard InChI is InChI=1S/C18H22FN.C4H4O4/c19-11-7-8-14-15(10-11)17-12-4-3-5-13(12)18(14)20-9-2-1-6-16(17)20;5-3(6)1-2-4(7)8/h7-8,10,12-13,16-18H,1-6,9H2;1-2H,(H,5,6)(H,7,8)/b;2-1+. The van der Waals surface area contributed by atoms with Crippen molar-refractivity contribution in [2.45, 2.75) is 56.5 Å². The fourth-order valence-corrected chi connectivity index (χ4v) is 6.19. The Morgan fingerprint density at radius 2 is 1.68 bits per heavy atom. The molecular formula is C22H26FNO4. The van der Waals surface area contributed by atoms with Gasteiger partial charge in [0.05, 0.1) is 0 Å². The van der Waals surface area contributed by atoms with Crippen LogP contribution in [0.15, 0.2) is 30.4 Å². The van der Waals surface area contributed by atoms with Gasteiger partial charge in [-0.2, -0.15) is 0 Å². The SMILES string of the molecule is Fc1ccc2c(c1)C1C3CCCC3C2N2CCCCC12.O=C(O)/C=C/C(=O)O. The molecule has 0 radical (unpaired) electrons. The number of piperidine rings is 2. The number of carboxylic acid groups (broad SMARTS) is 2. The van der Waals surface area contributed by atoms with E-state index in [0.717, 1.165) is 11.8 Å². The Hall–Kier alpha value is -2.21. The summed E-state index contributed by atoms with van der Waals surface area (Å²) in [5.74, 6) is -0.229. The second-order valence-electron chi connectivity index (χ2n) is 8.31. The fraction of sp³-hybridized carbons (Fsp3) is 0.545. The maximum absolute atomic E-state index is 13.8. The first-order valence-corrected chi connectivity index (χ1v) is 10.2. The molecule has 2 aliphatic carbocycles. The number of halogens is 1. The molecule has 1 aromatic carbocycles. The highest BCUT2D eigenvalue weighted by Gasteiger charge is 2.56. The number of aliphatic carboxylic acids is 2. The van der Waals surface area contributed by atoms with E-state index in [9.17, 15) is 14.0 Å². The van der Waals surface area contributed by atoms with Crippen LogP contribution in [0.1, 0.15) is 61.6 Å². The van der Waals surface area contributed by atoms with Crippen LogP contribution in [0.25, 0.3) is 0 Å². The molecule has 0 aromatic heterocycles. The topological polar surface area (TPSA) is 77.8 Å². The Balaban J connectivity index is 0.000000208. The van der Waals surface area contributed by atoms with Crippen molar-refractivity contribution in [3.05, 3.63) is 47.3 Å². The van der Waals surface area contributed by atoms with Crippen LogP contribution >= 0.6 is 0 Å². The lowest BCUT2D eigenvalue weighted by Crippen LogP contribution is -2.58. The van der Waals surface area contributed by atoms with Gasteiger partial charge in [0, 0.05) is 30.2 Å². The molecule has 2 bridgehead atoms. The molecule has 0 spiro atoms. The second-order valence-corrected chi connectivity index (χ2v) is 8.31. The summed E-state index contributed by atoms with van der Waals surface area (Å²) < 4.78 is 13.8. The molecule has 2 saturated heterocycles. The Labute approximate surface area is 163 Å². The van der Waals surface area contributed by atoms with E-state index in [1.54, 1.807) is 6.07 Å².